The van der Waals surface area contributed by atoms with Crippen molar-refractivity contribution in [2.24, 2.45) is 0 Å². The molecule has 1 aliphatic heterocycles. The zero-order valence-electron chi connectivity index (χ0n) is 25.5. The van der Waals surface area contributed by atoms with Gasteiger partial charge in [0.2, 0.25) is 5.91 Å². The van der Waals surface area contributed by atoms with E-state index in [0.29, 0.717) is 30.3 Å². The number of hydrogen-bond donors (Lipinski definition) is 4. The summed E-state index contributed by atoms with van der Waals surface area (Å²) in [6, 6.07) is 34.2. The van der Waals surface area contributed by atoms with Crippen LogP contribution < -0.4 is 16.0 Å². The molecule has 8 nitrogen and oxygen atoms in total. The lowest BCUT2D eigenvalue weighted by atomic mass is 9.84. The molecule has 5 aromatic rings. The Hall–Kier alpha value is -4.63. The fourth-order valence-corrected chi connectivity index (χ4v) is 6.26. The fourth-order valence-electron chi connectivity index (χ4n) is 6.09. The summed E-state index contributed by atoms with van der Waals surface area (Å²) in [5, 5.41) is 11.4. The number of hydrogen-bond acceptors (Lipinski definition) is 5. The van der Waals surface area contributed by atoms with Crippen LogP contribution in [0.1, 0.15) is 40.8 Å². The van der Waals surface area contributed by atoms with Gasteiger partial charge in [0.1, 0.15) is 6.04 Å². The number of ether oxygens (including phenoxy) is 2. The second-order valence-electron chi connectivity index (χ2n) is 11.5. The standard InChI is InChI=1S/C37H37ClN4O4/c1-45-37(44)42-35(34(25-11-4-2-5-12-25)26-13-6-3-7-14-26)36(43)41-30-15-9-8-10-24(30)17-19-29-22-39-33(23-46-29)32-20-27-16-18-28(38)21-31(27)40-32/h2-16,18,20-21,29,33-35,39-40H,17,19,22-23H2,1H3,(H,41,43)(H,42,44)/t29-,33+,35+/m1/s1. The molecule has 46 heavy (non-hydrogen) atoms. The molecule has 236 valence electrons. The highest BCUT2D eigenvalue weighted by Gasteiger charge is 2.33. The van der Waals surface area contributed by atoms with Gasteiger partial charge < -0.3 is 30.4 Å². The van der Waals surface area contributed by atoms with Crippen molar-refractivity contribution in [1.82, 2.24) is 15.6 Å². The third-order valence-electron chi connectivity index (χ3n) is 8.47. The zero-order chi connectivity index (χ0) is 31.9. The molecule has 4 N–H and O–H groups in total. The molecule has 9 heteroatoms. The van der Waals surface area contributed by atoms with Crippen molar-refractivity contribution in [3.05, 3.63) is 137 Å². The van der Waals surface area contributed by atoms with Crippen LogP contribution in [0.25, 0.3) is 10.9 Å². The number of H-pyrrole nitrogens is 1. The van der Waals surface area contributed by atoms with E-state index >= 15 is 0 Å². The first kappa shape index (κ1) is 31.4. The molecule has 0 radical (unpaired) electrons. The number of carbonyl (C=O) groups excluding carboxylic acids is 2. The maximum absolute atomic E-state index is 14.0. The van der Waals surface area contributed by atoms with E-state index in [0.717, 1.165) is 39.7 Å². The Kier molecular flexibility index (Phi) is 9.98. The first-order valence-corrected chi connectivity index (χ1v) is 15.8. The van der Waals surface area contributed by atoms with Crippen LogP contribution in [-0.2, 0) is 20.7 Å². The van der Waals surface area contributed by atoms with Gasteiger partial charge in [-0.05, 0) is 59.2 Å². The molecular formula is C37H37ClN4O4. The fraction of sp³-hybridized carbons (Fsp3) is 0.243. The average molecular weight is 637 g/mol. The molecule has 3 atom stereocenters. The lowest BCUT2D eigenvalue weighted by Gasteiger charge is -2.30. The highest BCUT2D eigenvalue weighted by Crippen LogP contribution is 2.30. The molecule has 0 bridgehead atoms. The molecule has 1 saturated heterocycles. The van der Waals surface area contributed by atoms with E-state index in [1.165, 1.54) is 7.11 Å². The third-order valence-corrected chi connectivity index (χ3v) is 8.71. The molecule has 6 rings (SSSR count). The molecular weight excluding hydrogens is 600 g/mol. The van der Waals surface area contributed by atoms with Crippen LogP contribution in [0.4, 0.5) is 10.5 Å². The second-order valence-corrected chi connectivity index (χ2v) is 11.9. The smallest absolute Gasteiger partial charge is 0.407 e. The number of rotatable bonds is 10. The monoisotopic (exact) mass is 636 g/mol. The molecule has 2 amide bonds. The van der Waals surface area contributed by atoms with Gasteiger partial charge in [-0.3, -0.25) is 4.79 Å². The van der Waals surface area contributed by atoms with Gasteiger partial charge in [-0.2, -0.15) is 0 Å². The summed E-state index contributed by atoms with van der Waals surface area (Å²) in [5.41, 5.74) is 5.56. The number of para-hydroxylation sites is 1. The number of methoxy groups -OCH3 is 1. The van der Waals surface area contributed by atoms with Crippen molar-refractivity contribution in [3.8, 4) is 0 Å². The van der Waals surface area contributed by atoms with Crippen LogP contribution >= 0.6 is 11.6 Å². The number of halogens is 1. The Bertz CT molecular complexity index is 1730. The number of aromatic nitrogens is 1. The van der Waals surface area contributed by atoms with Crippen LogP contribution in [0, 0.1) is 0 Å². The van der Waals surface area contributed by atoms with E-state index in [1.807, 2.05) is 103 Å². The van der Waals surface area contributed by atoms with Crippen LogP contribution in [0.15, 0.2) is 109 Å². The van der Waals surface area contributed by atoms with Gasteiger partial charge in [0.05, 0.1) is 25.9 Å². The minimum absolute atomic E-state index is 0.0214. The van der Waals surface area contributed by atoms with Crippen molar-refractivity contribution >= 4 is 40.2 Å². The Morgan fingerprint density at radius 3 is 2.30 bits per heavy atom. The summed E-state index contributed by atoms with van der Waals surface area (Å²) in [7, 11) is 1.29. The molecule has 2 heterocycles. The van der Waals surface area contributed by atoms with Crippen molar-refractivity contribution in [2.45, 2.75) is 36.9 Å². The van der Waals surface area contributed by atoms with E-state index < -0.39 is 18.1 Å². The number of morpholine rings is 1. The predicted octanol–water partition coefficient (Wildman–Crippen LogP) is 6.98. The number of aromatic amines is 1. The molecule has 1 fully saturated rings. The van der Waals surface area contributed by atoms with Crippen LogP contribution in [0.5, 0.6) is 0 Å². The summed E-state index contributed by atoms with van der Waals surface area (Å²) in [6.45, 7) is 1.25. The molecule has 0 spiro atoms. The lowest BCUT2D eigenvalue weighted by Crippen LogP contribution is -2.48. The predicted molar refractivity (Wildman–Crippen MR) is 181 cm³/mol. The number of alkyl carbamates (subject to hydrolysis) is 1. The van der Waals surface area contributed by atoms with Crippen molar-refractivity contribution in [3.63, 3.8) is 0 Å². The Morgan fingerprint density at radius 2 is 1.63 bits per heavy atom. The zero-order valence-corrected chi connectivity index (χ0v) is 26.3. The van der Waals surface area contributed by atoms with E-state index in [2.05, 4.69) is 27.0 Å². The number of amides is 2. The maximum atomic E-state index is 14.0. The van der Waals surface area contributed by atoms with Gasteiger partial charge >= 0.3 is 6.09 Å². The van der Waals surface area contributed by atoms with E-state index in [-0.39, 0.29) is 18.1 Å². The minimum Gasteiger partial charge on any atom is -0.453 e. The van der Waals surface area contributed by atoms with E-state index in [4.69, 9.17) is 21.1 Å². The first-order valence-electron chi connectivity index (χ1n) is 15.4. The number of aryl methyl sites for hydroxylation is 1. The summed E-state index contributed by atoms with van der Waals surface area (Å²) >= 11 is 6.16. The van der Waals surface area contributed by atoms with Crippen LogP contribution in [0.3, 0.4) is 0 Å². The normalized spacial score (nSPS) is 17.0. The van der Waals surface area contributed by atoms with Gasteiger partial charge in [-0.15, -0.1) is 0 Å². The molecule has 0 aliphatic carbocycles. The minimum atomic E-state index is -0.936. The Labute approximate surface area is 273 Å². The number of carbonyl (C=O) groups is 2. The second kappa shape index (κ2) is 14.6. The number of anilines is 1. The molecule has 1 aliphatic rings. The van der Waals surface area contributed by atoms with Gasteiger partial charge in [-0.25, -0.2) is 4.79 Å². The molecule has 0 saturated carbocycles. The van der Waals surface area contributed by atoms with Crippen molar-refractivity contribution < 1.29 is 19.1 Å². The van der Waals surface area contributed by atoms with Crippen molar-refractivity contribution in [2.75, 3.05) is 25.6 Å². The summed E-state index contributed by atoms with van der Waals surface area (Å²) in [4.78, 5) is 30.0. The maximum Gasteiger partial charge on any atom is 0.407 e. The van der Waals surface area contributed by atoms with Gasteiger partial charge in [-0.1, -0.05) is 96.5 Å². The Balaban J connectivity index is 1.14. The van der Waals surface area contributed by atoms with Crippen molar-refractivity contribution in [1.29, 1.82) is 0 Å². The number of benzene rings is 4. The lowest BCUT2D eigenvalue weighted by molar-refractivity contribution is -0.118. The third kappa shape index (κ3) is 7.42. The number of fused-ring (bicyclic) bond motifs is 1. The van der Waals surface area contributed by atoms with Gasteiger partial charge in [0, 0.05) is 34.4 Å². The van der Waals surface area contributed by atoms with E-state index in [1.54, 1.807) is 0 Å². The molecule has 4 aromatic carbocycles. The summed E-state index contributed by atoms with van der Waals surface area (Å²) in [5.74, 6) is -0.786. The quantitative estimate of drug-likeness (QED) is 0.132. The Morgan fingerprint density at radius 1 is 0.935 bits per heavy atom. The van der Waals surface area contributed by atoms with Crippen LogP contribution in [0.2, 0.25) is 5.02 Å². The van der Waals surface area contributed by atoms with Gasteiger partial charge in [0.25, 0.3) is 0 Å². The molecule has 1 aromatic heterocycles. The SMILES string of the molecule is COC(=O)N[C@H](C(=O)Nc1ccccc1CC[C@@H]1CN[C@H](c2cc3ccc(Cl)cc3[nH]2)CO1)C(c1ccccc1)c1ccccc1. The average Bonchev–Trinajstić information content (AvgIpc) is 3.52. The topological polar surface area (TPSA) is 104 Å². The first-order chi connectivity index (χ1) is 22.5. The van der Waals surface area contributed by atoms with Gasteiger partial charge in [0.15, 0.2) is 0 Å². The van der Waals surface area contributed by atoms with Crippen LogP contribution in [-0.4, -0.2) is 49.4 Å². The summed E-state index contributed by atoms with van der Waals surface area (Å²) < 4.78 is 11.2. The highest BCUT2D eigenvalue weighted by molar-refractivity contribution is 6.31. The van der Waals surface area contributed by atoms with E-state index in [9.17, 15) is 9.59 Å². The highest BCUT2D eigenvalue weighted by atomic mass is 35.5. The largest absolute Gasteiger partial charge is 0.453 e. The molecule has 0 unspecified atom stereocenters. The number of nitrogens with one attached hydrogen (secondary N) is 4. The summed E-state index contributed by atoms with van der Waals surface area (Å²) in [6.07, 6.45) is 0.818.